The van der Waals surface area contributed by atoms with Crippen LogP contribution in [0.25, 0.3) is 0 Å². The van der Waals surface area contributed by atoms with Crippen LogP contribution in [0.5, 0.6) is 0 Å². The first-order chi connectivity index (χ1) is 5.93. The normalized spacial score (nSPS) is 10.4. The van der Waals surface area contributed by atoms with Gasteiger partial charge in [-0.2, -0.15) is 0 Å². The summed E-state index contributed by atoms with van der Waals surface area (Å²) in [7, 11) is 1.66. The first kappa shape index (κ1) is 8.85. The predicted octanol–water partition coefficient (Wildman–Crippen LogP) is 2.58. The van der Waals surface area contributed by atoms with Crippen molar-refractivity contribution in [2.24, 2.45) is 0 Å². The molecule has 0 aliphatic rings. The zero-order chi connectivity index (χ0) is 8.65. The summed E-state index contributed by atoms with van der Waals surface area (Å²) in [4.78, 5) is 0. The average molecular weight is 161 g/mol. The second-order valence-corrected chi connectivity index (χ2v) is 2.55. The third-order valence-corrected chi connectivity index (χ3v) is 1.62. The van der Waals surface area contributed by atoms with Gasteiger partial charge in [-0.15, -0.1) is 0 Å². The minimum Gasteiger partial charge on any atom is -0.505 e. The number of ether oxygens (including phenoxy) is 1. The fraction of sp³-hybridized carbons (Fsp3) is 0.273. The number of methoxy groups -OCH3 is 1. The molecule has 1 heteroatoms. The van der Waals surface area contributed by atoms with E-state index < -0.39 is 0 Å². The molecule has 0 amide bonds. The lowest BCUT2D eigenvalue weighted by atomic mass is 10.1. The Morgan fingerprint density at radius 2 is 2.17 bits per heavy atom. The Kier molecular flexibility index (Phi) is 4.00. The topological polar surface area (TPSA) is 9.23 Å². The van der Waals surface area contributed by atoms with Gasteiger partial charge >= 0.3 is 0 Å². The molecule has 1 rings (SSSR count). The van der Waals surface area contributed by atoms with Gasteiger partial charge in [0.2, 0.25) is 0 Å². The molecular weight excluding hydrogens is 148 g/mol. The number of hydrogen-bond donors (Lipinski definition) is 0. The van der Waals surface area contributed by atoms with Crippen LogP contribution in [-0.4, -0.2) is 7.11 Å². The van der Waals surface area contributed by atoms with Crippen molar-refractivity contribution in [3.8, 4) is 0 Å². The largest absolute Gasteiger partial charge is 0.505 e. The third kappa shape index (κ3) is 3.24. The molecule has 0 atom stereocenters. The van der Waals surface area contributed by atoms with Crippen molar-refractivity contribution in [3.63, 3.8) is 0 Å². The monoisotopic (exact) mass is 161 g/mol. The minimum absolute atomic E-state index is 1.03. The number of hydrogen-bond acceptors (Lipinski definition) is 1. The zero-order valence-electron chi connectivity index (χ0n) is 7.29. The van der Waals surface area contributed by atoms with Crippen molar-refractivity contribution in [2.75, 3.05) is 7.11 Å². The van der Waals surface area contributed by atoms with Gasteiger partial charge in [0.15, 0.2) is 0 Å². The second-order valence-electron chi connectivity index (χ2n) is 2.55. The van der Waals surface area contributed by atoms with E-state index in [9.17, 15) is 0 Å². The van der Waals surface area contributed by atoms with Crippen LogP contribution in [-0.2, 0) is 11.2 Å². The summed E-state index contributed by atoms with van der Waals surface area (Å²) in [6.45, 7) is 0. The first-order valence-electron chi connectivity index (χ1n) is 4.06. The van der Waals surface area contributed by atoms with Gasteiger partial charge in [0.25, 0.3) is 0 Å². The van der Waals surface area contributed by atoms with Crippen LogP contribution >= 0.6 is 0 Å². The highest BCUT2D eigenvalue weighted by molar-refractivity contribution is 5.14. The van der Waals surface area contributed by atoms with E-state index in [1.807, 2.05) is 18.2 Å². The molecule has 0 fully saturated rings. The van der Waals surface area contributed by atoms with E-state index in [0.717, 1.165) is 12.8 Å². The lowest BCUT2D eigenvalue weighted by Gasteiger charge is -1.95. The van der Waals surface area contributed by atoms with Crippen molar-refractivity contribution < 1.29 is 4.74 Å². The molecule has 0 aromatic heterocycles. The van der Waals surface area contributed by atoms with Gasteiger partial charge in [-0.05, 0) is 30.5 Å². The Hall–Kier alpha value is -1.24. The molecule has 0 aliphatic heterocycles. The van der Waals surface area contributed by atoms with Crippen LogP contribution in [0, 0.1) is 6.07 Å². The van der Waals surface area contributed by atoms with Gasteiger partial charge in [-0.3, -0.25) is 0 Å². The standard InChI is InChI=1S/C11H13O/c1-12-10-6-5-9-11-7-3-2-4-8-11/h3-4,6-8,10H,5,9H2,1H3/b10-6+. The first-order valence-corrected chi connectivity index (χ1v) is 4.06. The van der Waals surface area contributed by atoms with E-state index >= 15 is 0 Å². The minimum atomic E-state index is 1.03. The predicted molar refractivity (Wildman–Crippen MR) is 49.7 cm³/mol. The van der Waals surface area contributed by atoms with Crippen LogP contribution in [0.15, 0.2) is 36.6 Å². The highest BCUT2D eigenvalue weighted by Crippen LogP contribution is 2.02. The Morgan fingerprint density at radius 1 is 1.42 bits per heavy atom. The van der Waals surface area contributed by atoms with Gasteiger partial charge in [0.05, 0.1) is 13.4 Å². The molecule has 63 valence electrons. The van der Waals surface area contributed by atoms with Crippen molar-refractivity contribution >= 4 is 0 Å². The maximum Gasteiger partial charge on any atom is 0.0784 e. The van der Waals surface area contributed by atoms with Gasteiger partial charge in [0, 0.05) is 0 Å². The van der Waals surface area contributed by atoms with Crippen LogP contribution < -0.4 is 0 Å². The van der Waals surface area contributed by atoms with Gasteiger partial charge < -0.3 is 4.74 Å². The molecule has 0 saturated heterocycles. The van der Waals surface area contributed by atoms with E-state index in [4.69, 9.17) is 4.74 Å². The Morgan fingerprint density at radius 3 is 2.83 bits per heavy atom. The summed E-state index contributed by atoms with van der Waals surface area (Å²) in [5, 5.41) is 0. The summed E-state index contributed by atoms with van der Waals surface area (Å²) < 4.78 is 4.79. The molecule has 0 spiro atoms. The summed E-state index contributed by atoms with van der Waals surface area (Å²) >= 11 is 0. The average Bonchev–Trinajstić information content (AvgIpc) is 2.14. The van der Waals surface area contributed by atoms with Crippen LogP contribution in [0.1, 0.15) is 12.0 Å². The van der Waals surface area contributed by atoms with Gasteiger partial charge in [0.1, 0.15) is 0 Å². The SMILES string of the molecule is CO/C=C/CCc1cc[c]cc1. The highest BCUT2D eigenvalue weighted by atomic mass is 16.5. The Bertz CT molecular complexity index is 226. The van der Waals surface area contributed by atoms with E-state index in [-0.39, 0.29) is 0 Å². The number of aryl methyl sites for hydroxylation is 1. The van der Waals surface area contributed by atoms with Crippen LogP contribution in [0.2, 0.25) is 0 Å². The number of rotatable bonds is 4. The fourth-order valence-corrected chi connectivity index (χ4v) is 1.00. The summed E-state index contributed by atoms with van der Waals surface area (Å²) in [5.41, 5.74) is 1.34. The molecule has 0 saturated carbocycles. The van der Waals surface area contributed by atoms with Crippen LogP contribution in [0.4, 0.5) is 0 Å². The molecule has 1 radical (unpaired) electrons. The lowest BCUT2D eigenvalue weighted by molar-refractivity contribution is 0.336. The molecule has 12 heavy (non-hydrogen) atoms. The summed E-state index contributed by atoms with van der Waals surface area (Å²) in [6, 6.07) is 11.0. The molecule has 0 N–H and O–H groups in total. The second kappa shape index (κ2) is 5.42. The summed E-state index contributed by atoms with van der Waals surface area (Å²) in [5.74, 6) is 0. The van der Waals surface area contributed by atoms with Gasteiger partial charge in [-0.1, -0.05) is 24.3 Å². The Labute approximate surface area is 73.7 Å². The fourth-order valence-electron chi connectivity index (χ4n) is 1.00. The van der Waals surface area contributed by atoms with E-state index in [1.54, 1.807) is 13.4 Å². The lowest BCUT2D eigenvalue weighted by Crippen LogP contribution is -1.81. The van der Waals surface area contributed by atoms with Crippen LogP contribution in [0.3, 0.4) is 0 Å². The summed E-state index contributed by atoms with van der Waals surface area (Å²) in [6.07, 6.45) is 5.83. The molecule has 1 aromatic rings. The van der Waals surface area contributed by atoms with Crippen molar-refractivity contribution in [3.05, 3.63) is 48.2 Å². The van der Waals surface area contributed by atoms with E-state index in [0.29, 0.717) is 0 Å². The highest BCUT2D eigenvalue weighted by Gasteiger charge is 1.87. The molecule has 1 nitrogen and oxygen atoms in total. The third-order valence-electron chi connectivity index (χ3n) is 1.62. The van der Waals surface area contributed by atoms with Crippen molar-refractivity contribution in [2.45, 2.75) is 12.8 Å². The maximum atomic E-state index is 4.79. The molecular formula is C11H13O. The maximum absolute atomic E-state index is 4.79. The number of allylic oxidation sites excluding steroid dienone is 1. The Balaban J connectivity index is 2.29. The van der Waals surface area contributed by atoms with E-state index in [1.165, 1.54) is 5.56 Å². The number of benzene rings is 1. The zero-order valence-corrected chi connectivity index (χ0v) is 7.29. The smallest absolute Gasteiger partial charge is 0.0784 e. The van der Waals surface area contributed by atoms with Crippen molar-refractivity contribution in [1.82, 2.24) is 0 Å². The van der Waals surface area contributed by atoms with Gasteiger partial charge in [-0.25, -0.2) is 0 Å². The molecule has 0 unspecified atom stereocenters. The molecule has 0 aliphatic carbocycles. The molecule has 1 aromatic carbocycles. The van der Waals surface area contributed by atoms with E-state index in [2.05, 4.69) is 18.2 Å². The quantitative estimate of drug-likeness (QED) is 0.617. The van der Waals surface area contributed by atoms with Crippen molar-refractivity contribution in [1.29, 1.82) is 0 Å². The molecule has 0 bridgehead atoms. The molecule has 0 heterocycles.